The van der Waals surface area contributed by atoms with E-state index in [1.54, 1.807) is 6.33 Å². The quantitative estimate of drug-likeness (QED) is 0.860. The minimum absolute atomic E-state index is 0.742. The first-order valence-electron chi connectivity index (χ1n) is 4.23. The van der Waals surface area contributed by atoms with E-state index in [1.165, 1.54) is 11.8 Å². The molecule has 2 aromatic rings. The molecule has 6 heteroatoms. The van der Waals surface area contributed by atoms with Crippen LogP contribution in [0, 0.1) is 0 Å². The number of nitrogen functional groups attached to an aromatic ring is 1. The molecular weight excluding hydrogens is 276 g/mol. The van der Waals surface area contributed by atoms with Gasteiger partial charge in [0.2, 0.25) is 0 Å². The number of rotatable bonds is 2. The Balaban J connectivity index is 2.32. The van der Waals surface area contributed by atoms with Crippen molar-refractivity contribution in [2.45, 2.75) is 10.1 Å². The molecule has 1 aromatic carbocycles. The molecular formula is C9H9BrN4S. The van der Waals surface area contributed by atoms with Gasteiger partial charge in [0, 0.05) is 22.1 Å². The summed E-state index contributed by atoms with van der Waals surface area (Å²) in [5.74, 6) is 0. The maximum atomic E-state index is 5.86. The molecule has 0 bridgehead atoms. The Kier molecular flexibility index (Phi) is 2.97. The van der Waals surface area contributed by atoms with Crippen LogP contribution in [0.3, 0.4) is 0 Å². The molecule has 0 radical (unpaired) electrons. The summed E-state index contributed by atoms with van der Waals surface area (Å²) >= 11 is 4.90. The molecule has 0 saturated heterocycles. The van der Waals surface area contributed by atoms with Crippen LogP contribution in [0.25, 0.3) is 0 Å². The summed E-state index contributed by atoms with van der Waals surface area (Å²) < 4.78 is 2.85. The Morgan fingerprint density at radius 2 is 2.27 bits per heavy atom. The fourth-order valence-corrected chi connectivity index (χ4v) is 2.42. The van der Waals surface area contributed by atoms with Crippen molar-refractivity contribution < 1.29 is 0 Å². The molecule has 1 aromatic heterocycles. The Morgan fingerprint density at radius 1 is 1.47 bits per heavy atom. The van der Waals surface area contributed by atoms with E-state index in [0.717, 1.165) is 20.2 Å². The number of nitrogens with two attached hydrogens (primary N) is 1. The van der Waals surface area contributed by atoms with Crippen LogP contribution in [0.15, 0.2) is 39.1 Å². The van der Waals surface area contributed by atoms with Crippen LogP contribution in [0.5, 0.6) is 0 Å². The largest absolute Gasteiger partial charge is 0.398 e. The summed E-state index contributed by atoms with van der Waals surface area (Å²) in [4.78, 5) is 0.973. The second-order valence-electron chi connectivity index (χ2n) is 3.01. The van der Waals surface area contributed by atoms with Crippen LogP contribution in [0.1, 0.15) is 0 Å². The Hall–Kier alpha value is -1.01. The van der Waals surface area contributed by atoms with E-state index < -0.39 is 0 Å². The lowest BCUT2D eigenvalue weighted by Crippen LogP contribution is -1.92. The zero-order valence-corrected chi connectivity index (χ0v) is 10.4. The maximum absolute atomic E-state index is 5.86. The van der Waals surface area contributed by atoms with Gasteiger partial charge in [0.05, 0.1) is 0 Å². The molecule has 4 nitrogen and oxygen atoms in total. The van der Waals surface area contributed by atoms with Crippen molar-refractivity contribution in [2.24, 2.45) is 7.05 Å². The zero-order chi connectivity index (χ0) is 10.8. The third-order valence-electron chi connectivity index (χ3n) is 1.85. The predicted octanol–water partition coefficient (Wildman–Crippen LogP) is 2.31. The highest BCUT2D eigenvalue weighted by atomic mass is 79.9. The van der Waals surface area contributed by atoms with Crippen molar-refractivity contribution in [3.05, 3.63) is 29.0 Å². The SMILES string of the molecule is Cn1cnnc1Sc1cc(Br)ccc1N. The lowest BCUT2D eigenvalue weighted by molar-refractivity contribution is 0.788. The van der Waals surface area contributed by atoms with Crippen molar-refractivity contribution in [1.82, 2.24) is 14.8 Å². The number of halogens is 1. The van der Waals surface area contributed by atoms with E-state index in [1.807, 2.05) is 29.8 Å². The van der Waals surface area contributed by atoms with E-state index in [2.05, 4.69) is 26.1 Å². The van der Waals surface area contributed by atoms with Crippen LogP contribution in [-0.2, 0) is 7.05 Å². The van der Waals surface area contributed by atoms with E-state index in [-0.39, 0.29) is 0 Å². The molecule has 0 atom stereocenters. The summed E-state index contributed by atoms with van der Waals surface area (Å²) in [5, 5.41) is 8.62. The predicted molar refractivity (Wildman–Crippen MR) is 63.7 cm³/mol. The number of benzene rings is 1. The number of aryl methyl sites for hydroxylation is 1. The van der Waals surface area contributed by atoms with Crippen LogP contribution in [-0.4, -0.2) is 14.8 Å². The Bertz CT molecular complexity index is 483. The summed E-state index contributed by atoms with van der Waals surface area (Å²) in [7, 11) is 1.90. The first-order chi connectivity index (χ1) is 7.16. The summed E-state index contributed by atoms with van der Waals surface area (Å²) in [6, 6.07) is 5.74. The third-order valence-corrected chi connectivity index (χ3v) is 3.47. The summed E-state index contributed by atoms with van der Waals surface area (Å²) in [6.07, 6.45) is 1.66. The molecule has 0 spiro atoms. The Labute approximate surface area is 100 Å². The fraction of sp³-hybridized carbons (Fsp3) is 0.111. The van der Waals surface area contributed by atoms with Gasteiger partial charge >= 0.3 is 0 Å². The molecule has 0 saturated carbocycles. The topological polar surface area (TPSA) is 56.7 Å². The van der Waals surface area contributed by atoms with Crippen LogP contribution in [0.2, 0.25) is 0 Å². The number of hydrogen-bond acceptors (Lipinski definition) is 4. The maximum Gasteiger partial charge on any atom is 0.195 e. The van der Waals surface area contributed by atoms with E-state index in [9.17, 15) is 0 Å². The van der Waals surface area contributed by atoms with Gasteiger partial charge in [-0.05, 0) is 30.0 Å². The molecule has 0 unspecified atom stereocenters. The molecule has 0 aliphatic carbocycles. The van der Waals surface area contributed by atoms with Gasteiger partial charge in [0.25, 0.3) is 0 Å². The lowest BCUT2D eigenvalue weighted by atomic mass is 10.3. The highest BCUT2D eigenvalue weighted by Gasteiger charge is 2.06. The minimum Gasteiger partial charge on any atom is -0.398 e. The molecule has 2 rings (SSSR count). The van der Waals surface area contributed by atoms with Crippen LogP contribution < -0.4 is 5.73 Å². The number of nitrogens with zero attached hydrogens (tertiary/aromatic N) is 3. The van der Waals surface area contributed by atoms with Gasteiger partial charge in [0.15, 0.2) is 5.16 Å². The molecule has 78 valence electrons. The van der Waals surface area contributed by atoms with Crippen molar-refractivity contribution in [3.63, 3.8) is 0 Å². The van der Waals surface area contributed by atoms with Gasteiger partial charge < -0.3 is 10.3 Å². The molecule has 0 fully saturated rings. The fourth-order valence-electron chi connectivity index (χ4n) is 1.06. The normalized spacial score (nSPS) is 10.5. The van der Waals surface area contributed by atoms with Crippen LogP contribution in [0.4, 0.5) is 5.69 Å². The van der Waals surface area contributed by atoms with Gasteiger partial charge in [0.1, 0.15) is 6.33 Å². The second kappa shape index (κ2) is 4.24. The number of hydrogen-bond donors (Lipinski definition) is 1. The van der Waals surface area contributed by atoms with E-state index in [4.69, 9.17) is 5.73 Å². The lowest BCUT2D eigenvalue weighted by Gasteiger charge is -2.04. The average Bonchev–Trinajstić information content (AvgIpc) is 2.58. The van der Waals surface area contributed by atoms with Gasteiger partial charge in [-0.1, -0.05) is 15.9 Å². The van der Waals surface area contributed by atoms with Crippen LogP contribution >= 0.6 is 27.7 Å². The van der Waals surface area contributed by atoms with Crippen molar-refractivity contribution in [3.8, 4) is 0 Å². The monoisotopic (exact) mass is 284 g/mol. The smallest absolute Gasteiger partial charge is 0.195 e. The van der Waals surface area contributed by atoms with Gasteiger partial charge in [-0.2, -0.15) is 0 Å². The van der Waals surface area contributed by atoms with Crippen molar-refractivity contribution in [2.75, 3.05) is 5.73 Å². The molecule has 0 amide bonds. The van der Waals surface area contributed by atoms with E-state index >= 15 is 0 Å². The first-order valence-corrected chi connectivity index (χ1v) is 5.84. The third kappa shape index (κ3) is 2.32. The second-order valence-corrected chi connectivity index (χ2v) is 4.93. The van der Waals surface area contributed by atoms with Gasteiger partial charge in [-0.3, -0.25) is 0 Å². The first kappa shape index (κ1) is 10.5. The van der Waals surface area contributed by atoms with Crippen molar-refractivity contribution >= 4 is 33.4 Å². The average molecular weight is 285 g/mol. The molecule has 0 aliphatic rings. The summed E-state index contributed by atoms with van der Waals surface area (Å²) in [6.45, 7) is 0. The molecule has 15 heavy (non-hydrogen) atoms. The molecule has 2 N–H and O–H groups in total. The standard InChI is InChI=1S/C9H9BrN4S/c1-14-5-12-13-9(14)15-8-4-6(10)2-3-7(8)11/h2-5H,11H2,1H3. The van der Waals surface area contributed by atoms with Crippen molar-refractivity contribution in [1.29, 1.82) is 0 Å². The Morgan fingerprint density at radius 3 is 2.93 bits per heavy atom. The molecule has 1 heterocycles. The highest BCUT2D eigenvalue weighted by molar-refractivity contribution is 9.10. The minimum atomic E-state index is 0.742. The highest BCUT2D eigenvalue weighted by Crippen LogP contribution is 2.32. The number of aromatic nitrogens is 3. The van der Waals surface area contributed by atoms with E-state index in [0.29, 0.717) is 0 Å². The summed E-state index contributed by atoms with van der Waals surface area (Å²) in [5.41, 5.74) is 6.60. The van der Waals surface area contributed by atoms with Gasteiger partial charge in [-0.15, -0.1) is 10.2 Å². The van der Waals surface area contributed by atoms with Gasteiger partial charge in [-0.25, -0.2) is 0 Å². The molecule has 0 aliphatic heterocycles. The zero-order valence-electron chi connectivity index (χ0n) is 8.01. The number of anilines is 1.